The maximum absolute atomic E-state index is 12.2. The number of aromatic nitrogens is 1. The van der Waals surface area contributed by atoms with Crippen LogP contribution in [0.2, 0.25) is 0 Å². The lowest BCUT2D eigenvalue weighted by Gasteiger charge is -2.43. The van der Waals surface area contributed by atoms with Gasteiger partial charge in [-0.05, 0) is 24.5 Å². The van der Waals surface area contributed by atoms with Crippen molar-refractivity contribution >= 4 is 0 Å². The van der Waals surface area contributed by atoms with E-state index in [1.165, 1.54) is 5.69 Å². The lowest BCUT2D eigenvalue weighted by Crippen LogP contribution is -2.46. The Morgan fingerprint density at radius 1 is 0.963 bits per heavy atom. The van der Waals surface area contributed by atoms with Crippen LogP contribution in [0.4, 0.5) is 0 Å². The normalized spacial score (nSPS) is 21.4. The molecular weight excluding hydrogens is 344 g/mol. The first-order valence-electron chi connectivity index (χ1n) is 9.34. The second kappa shape index (κ2) is 7.27. The van der Waals surface area contributed by atoms with Gasteiger partial charge in [-0.2, -0.15) is 0 Å². The average Bonchev–Trinajstić information content (AvgIpc) is 2.68. The van der Waals surface area contributed by atoms with Crippen molar-refractivity contribution in [2.45, 2.75) is 25.4 Å². The van der Waals surface area contributed by atoms with Crippen LogP contribution < -0.4 is 19.8 Å². The largest absolute Gasteiger partial charge is 0.493 e. The Labute approximate surface area is 159 Å². The van der Waals surface area contributed by atoms with Gasteiger partial charge in [0.15, 0.2) is 11.5 Å². The number of fused-ring (bicyclic) bond motifs is 4. The van der Waals surface area contributed by atoms with Crippen molar-refractivity contribution in [1.82, 2.24) is 9.47 Å². The van der Waals surface area contributed by atoms with Gasteiger partial charge >= 0.3 is 0 Å². The van der Waals surface area contributed by atoms with Gasteiger partial charge < -0.3 is 18.8 Å². The summed E-state index contributed by atoms with van der Waals surface area (Å²) in [6.45, 7) is 3.52. The number of hydrogen-bond acceptors (Lipinski definition) is 5. The number of hydrogen-bond donors (Lipinski definition) is 0. The van der Waals surface area contributed by atoms with Gasteiger partial charge in [0.1, 0.15) is 0 Å². The van der Waals surface area contributed by atoms with Gasteiger partial charge in [0.05, 0.1) is 21.3 Å². The molecule has 2 atom stereocenters. The van der Waals surface area contributed by atoms with Crippen LogP contribution >= 0.6 is 0 Å². The lowest BCUT2D eigenvalue weighted by atomic mass is 9.83. The predicted octanol–water partition coefficient (Wildman–Crippen LogP) is 2.49. The number of likely N-dealkylation sites (tertiary alicyclic amines) is 1. The number of benzene rings is 1. The number of nitrogens with zero attached hydrogens (tertiary/aromatic N) is 2. The monoisotopic (exact) mass is 370 g/mol. The summed E-state index contributed by atoms with van der Waals surface area (Å²) in [4.78, 5) is 14.7. The van der Waals surface area contributed by atoms with Crippen LogP contribution in [0.3, 0.4) is 0 Å². The third-order valence-corrected chi connectivity index (χ3v) is 5.74. The van der Waals surface area contributed by atoms with Gasteiger partial charge in [0.25, 0.3) is 5.56 Å². The summed E-state index contributed by atoms with van der Waals surface area (Å²) in [5, 5.41) is 0. The molecule has 3 heterocycles. The maximum atomic E-state index is 12.2. The Hall–Kier alpha value is -2.47. The first-order chi connectivity index (χ1) is 13.1. The number of rotatable bonds is 5. The minimum atomic E-state index is 0.122. The molecule has 2 aromatic rings. The molecule has 0 saturated carbocycles. The first kappa shape index (κ1) is 17.9. The fourth-order valence-electron chi connectivity index (χ4n) is 4.65. The predicted molar refractivity (Wildman–Crippen MR) is 103 cm³/mol. The Morgan fingerprint density at radius 3 is 2.52 bits per heavy atom. The van der Waals surface area contributed by atoms with Crippen molar-refractivity contribution in [1.29, 1.82) is 0 Å². The second-order valence-electron chi connectivity index (χ2n) is 7.39. The Balaban J connectivity index is 1.60. The van der Waals surface area contributed by atoms with Gasteiger partial charge in [-0.25, -0.2) is 0 Å². The molecule has 0 radical (unpaired) electrons. The molecule has 144 valence electrons. The molecule has 6 heteroatoms. The zero-order valence-electron chi connectivity index (χ0n) is 16.1. The quantitative estimate of drug-likeness (QED) is 0.809. The molecule has 27 heavy (non-hydrogen) atoms. The zero-order chi connectivity index (χ0) is 19.0. The van der Waals surface area contributed by atoms with E-state index in [2.05, 4.69) is 11.0 Å². The molecular formula is C21H26N2O4. The van der Waals surface area contributed by atoms with E-state index in [4.69, 9.17) is 14.2 Å². The van der Waals surface area contributed by atoms with E-state index in [1.807, 2.05) is 22.8 Å². The molecule has 2 aliphatic rings. The van der Waals surface area contributed by atoms with Crippen LogP contribution in [0.25, 0.3) is 0 Å². The zero-order valence-corrected chi connectivity index (χ0v) is 16.1. The van der Waals surface area contributed by atoms with E-state index >= 15 is 0 Å². The van der Waals surface area contributed by atoms with Gasteiger partial charge in [0, 0.05) is 49.4 Å². The summed E-state index contributed by atoms with van der Waals surface area (Å²) in [7, 11) is 4.92. The maximum Gasteiger partial charge on any atom is 0.250 e. The van der Waals surface area contributed by atoms with E-state index in [0.29, 0.717) is 23.3 Å². The first-order valence-corrected chi connectivity index (χ1v) is 9.34. The Bertz CT molecular complexity index is 892. The van der Waals surface area contributed by atoms with E-state index in [0.717, 1.165) is 43.9 Å². The van der Waals surface area contributed by atoms with Crippen molar-refractivity contribution in [3.05, 3.63) is 51.9 Å². The molecule has 2 bridgehead atoms. The van der Waals surface area contributed by atoms with Crippen molar-refractivity contribution in [3.63, 3.8) is 0 Å². The number of ether oxygens (including phenoxy) is 3. The average molecular weight is 370 g/mol. The number of methoxy groups -OCH3 is 3. The second-order valence-corrected chi connectivity index (χ2v) is 7.39. The van der Waals surface area contributed by atoms with Crippen LogP contribution in [0.5, 0.6) is 17.2 Å². The van der Waals surface area contributed by atoms with E-state index in [9.17, 15) is 4.79 Å². The summed E-state index contributed by atoms with van der Waals surface area (Å²) in [5.74, 6) is 2.93. The van der Waals surface area contributed by atoms with Crippen LogP contribution in [0.1, 0.15) is 23.6 Å². The molecule has 1 saturated heterocycles. The topological polar surface area (TPSA) is 52.9 Å². The fourth-order valence-corrected chi connectivity index (χ4v) is 4.65. The standard InChI is InChI=1S/C21H26N2O4/c1-25-18-8-7-15(20(26-2)21(18)27-3)12-22-10-14-9-16(13-22)17-5-4-6-19(24)23(17)11-14/h4-8,14,16H,9-13H2,1-3H3/t14-,16+/m0/s1. The third-order valence-electron chi connectivity index (χ3n) is 5.74. The Morgan fingerprint density at radius 2 is 1.78 bits per heavy atom. The van der Waals surface area contributed by atoms with Crippen molar-refractivity contribution in [2.75, 3.05) is 34.4 Å². The summed E-state index contributed by atoms with van der Waals surface area (Å²) in [5.41, 5.74) is 2.38. The SMILES string of the molecule is COc1ccc(CN2C[C@@H]3C[C@H](C2)c2cccc(=O)n2C3)c(OC)c1OC. The minimum absolute atomic E-state index is 0.122. The highest BCUT2D eigenvalue weighted by Gasteiger charge is 2.34. The van der Waals surface area contributed by atoms with Crippen LogP contribution in [-0.2, 0) is 13.1 Å². The van der Waals surface area contributed by atoms with E-state index in [1.54, 1.807) is 27.4 Å². The molecule has 0 aliphatic carbocycles. The number of piperidine rings is 1. The molecule has 1 aromatic carbocycles. The van der Waals surface area contributed by atoms with Crippen molar-refractivity contribution in [2.24, 2.45) is 5.92 Å². The van der Waals surface area contributed by atoms with Crippen LogP contribution in [-0.4, -0.2) is 43.9 Å². The molecule has 0 spiro atoms. The van der Waals surface area contributed by atoms with Gasteiger partial charge in [0.2, 0.25) is 5.75 Å². The summed E-state index contributed by atoms with van der Waals surface area (Å²) in [6.07, 6.45) is 1.16. The third kappa shape index (κ3) is 3.18. The molecule has 6 nitrogen and oxygen atoms in total. The van der Waals surface area contributed by atoms with Gasteiger partial charge in [-0.3, -0.25) is 9.69 Å². The van der Waals surface area contributed by atoms with Crippen LogP contribution in [0, 0.1) is 5.92 Å². The highest BCUT2D eigenvalue weighted by molar-refractivity contribution is 5.55. The van der Waals surface area contributed by atoms with Gasteiger partial charge in [-0.15, -0.1) is 0 Å². The van der Waals surface area contributed by atoms with Gasteiger partial charge in [-0.1, -0.05) is 12.1 Å². The molecule has 0 N–H and O–H groups in total. The van der Waals surface area contributed by atoms with Crippen LogP contribution in [0.15, 0.2) is 35.1 Å². The highest BCUT2D eigenvalue weighted by atomic mass is 16.5. The molecule has 1 fully saturated rings. The summed E-state index contributed by atoms with van der Waals surface area (Å²) < 4.78 is 18.5. The van der Waals surface area contributed by atoms with E-state index < -0.39 is 0 Å². The molecule has 0 amide bonds. The summed E-state index contributed by atoms with van der Waals surface area (Å²) >= 11 is 0. The van der Waals surface area contributed by atoms with Crippen molar-refractivity contribution < 1.29 is 14.2 Å². The molecule has 4 rings (SSSR count). The molecule has 0 unspecified atom stereocenters. The Kier molecular flexibility index (Phi) is 4.83. The highest BCUT2D eigenvalue weighted by Crippen LogP contribution is 2.41. The molecule has 1 aromatic heterocycles. The number of pyridine rings is 1. The fraction of sp³-hybridized carbons (Fsp3) is 0.476. The van der Waals surface area contributed by atoms with Crippen molar-refractivity contribution in [3.8, 4) is 17.2 Å². The minimum Gasteiger partial charge on any atom is -0.493 e. The smallest absolute Gasteiger partial charge is 0.250 e. The summed E-state index contributed by atoms with van der Waals surface area (Å²) in [6, 6.07) is 9.61. The lowest BCUT2D eigenvalue weighted by molar-refractivity contribution is 0.113. The molecule has 2 aliphatic heterocycles. The van der Waals surface area contributed by atoms with E-state index in [-0.39, 0.29) is 5.56 Å².